The predicted molar refractivity (Wildman–Crippen MR) is 98.7 cm³/mol. The molecule has 0 radical (unpaired) electrons. The van der Waals surface area contributed by atoms with E-state index in [0.29, 0.717) is 33.7 Å². The first kappa shape index (κ1) is 17.3. The smallest absolute Gasteiger partial charge is 0.260 e. The number of benzene rings is 2. The van der Waals surface area contributed by atoms with E-state index in [1.807, 2.05) is 24.3 Å². The second kappa shape index (κ2) is 7.59. The van der Waals surface area contributed by atoms with Gasteiger partial charge >= 0.3 is 0 Å². The lowest BCUT2D eigenvalue weighted by molar-refractivity contribution is 0.102. The molecule has 2 aromatic carbocycles. The van der Waals surface area contributed by atoms with Crippen molar-refractivity contribution >= 4 is 34.9 Å². The van der Waals surface area contributed by atoms with Crippen LogP contribution in [0.4, 0.5) is 5.82 Å². The van der Waals surface area contributed by atoms with E-state index in [4.69, 9.17) is 27.9 Å². The molecule has 7 heteroatoms. The van der Waals surface area contributed by atoms with Crippen molar-refractivity contribution in [1.82, 2.24) is 9.78 Å². The average molecular weight is 376 g/mol. The number of methoxy groups -OCH3 is 1. The first-order chi connectivity index (χ1) is 12.0. The summed E-state index contributed by atoms with van der Waals surface area (Å²) < 4.78 is 6.92. The van der Waals surface area contributed by atoms with Crippen molar-refractivity contribution in [1.29, 1.82) is 0 Å². The molecule has 1 aromatic heterocycles. The van der Waals surface area contributed by atoms with Crippen LogP contribution in [0.5, 0.6) is 5.75 Å². The molecule has 128 valence electrons. The fourth-order valence-corrected chi connectivity index (χ4v) is 2.77. The number of hydrogen-bond donors (Lipinski definition) is 1. The van der Waals surface area contributed by atoms with Crippen LogP contribution in [0.1, 0.15) is 15.9 Å². The largest absolute Gasteiger partial charge is 0.496 e. The SMILES string of the molecule is COc1ccc(Cl)cc1C(=O)Nc1ccn(Cc2cccc(Cl)c2)n1. The zero-order valence-electron chi connectivity index (χ0n) is 13.4. The van der Waals surface area contributed by atoms with E-state index >= 15 is 0 Å². The van der Waals surface area contributed by atoms with Gasteiger partial charge in [-0.1, -0.05) is 35.3 Å². The number of carbonyl (C=O) groups is 1. The summed E-state index contributed by atoms with van der Waals surface area (Å²) in [5, 5.41) is 8.22. The molecule has 0 saturated heterocycles. The number of halogens is 2. The van der Waals surface area contributed by atoms with Gasteiger partial charge in [-0.2, -0.15) is 5.10 Å². The molecule has 0 aliphatic carbocycles. The Hall–Kier alpha value is -2.50. The van der Waals surface area contributed by atoms with Crippen LogP contribution >= 0.6 is 23.2 Å². The van der Waals surface area contributed by atoms with Crippen molar-refractivity contribution in [2.75, 3.05) is 12.4 Å². The maximum absolute atomic E-state index is 12.4. The molecule has 0 spiro atoms. The lowest BCUT2D eigenvalue weighted by Crippen LogP contribution is -2.14. The van der Waals surface area contributed by atoms with Crippen LogP contribution in [0.2, 0.25) is 10.0 Å². The summed E-state index contributed by atoms with van der Waals surface area (Å²) in [6.07, 6.45) is 1.78. The van der Waals surface area contributed by atoms with Crippen LogP contribution in [0.15, 0.2) is 54.7 Å². The number of nitrogens with one attached hydrogen (secondary N) is 1. The predicted octanol–water partition coefficient (Wildman–Crippen LogP) is 4.50. The van der Waals surface area contributed by atoms with E-state index < -0.39 is 0 Å². The third-order valence-corrected chi connectivity index (χ3v) is 3.99. The van der Waals surface area contributed by atoms with E-state index in [2.05, 4.69) is 10.4 Å². The summed E-state index contributed by atoms with van der Waals surface area (Å²) in [6, 6.07) is 14.1. The minimum Gasteiger partial charge on any atom is -0.496 e. The summed E-state index contributed by atoms with van der Waals surface area (Å²) in [4.78, 5) is 12.4. The Morgan fingerprint density at radius 3 is 2.72 bits per heavy atom. The Bertz CT molecular complexity index is 909. The number of rotatable bonds is 5. The molecule has 1 heterocycles. The molecule has 1 N–H and O–H groups in total. The van der Waals surface area contributed by atoms with E-state index in [0.717, 1.165) is 5.56 Å². The first-order valence-corrected chi connectivity index (χ1v) is 8.23. The molecule has 3 aromatic rings. The highest BCUT2D eigenvalue weighted by Gasteiger charge is 2.14. The maximum Gasteiger partial charge on any atom is 0.260 e. The van der Waals surface area contributed by atoms with Gasteiger partial charge in [-0.15, -0.1) is 0 Å². The van der Waals surface area contributed by atoms with Crippen LogP contribution in [0, 0.1) is 0 Å². The molecule has 0 bridgehead atoms. The number of carbonyl (C=O) groups excluding carboxylic acids is 1. The average Bonchev–Trinajstić information content (AvgIpc) is 3.01. The number of amides is 1. The van der Waals surface area contributed by atoms with Gasteiger partial charge in [-0.3, -0.25) is 9.48 Å². The topological polar surface area (TPSA) is 56.1 Å². The Morgan fingerprint density at radius 2 is 1.96 bits per heavy atom. The minimum atomic E-state index is -0.340. The van der Waals surface area contributed by atoms with Crippen molar-refractivity contribution in [3.63, 3.8) is 0 Å². The van der Waals surface area contributed by atoms with Crippen LogP contribution in [-0.4, -0.2) is 22.8 Å². The summed E-state index contributed by atoms with van der Waals surface area (Å²) in [7, 11) is 1.50. The minimum absolute atomic E-state index is 0.340. The normalized spacial score (nSPS) is 10.5. The molecule has 0 aliphatic rings. The molecular formula is C18H15Cl2N3O2. The highest BCUT2D eigenvalue weighted by molar-refractivity contribution is 6.31. The second-order valence-corrected chi connectivity index (χ2v) is 6.20. The van der Waals surface area contributed by atoms with Crippen molar-refractivity contribution in [3.05, 3.63) is 75.9 Å². The van der Waals surface area contributed by atoms with Crippen molar-refractivity contribution in [2.45, 2.75) is 6.54 Å². The zero-order valence-corrected chi connectivity index (χ0v) is 14.9. The summed E-state index contributed by atoms with van der Waals surface area (Å²) >= 11 is 11.9. The van der Waals surface area contributed by atoms with Gasteiger partial charge in [0, 0.05) is 22.3 Å². The quantitative estimate of drug-likeness (QED) is 0.714. The van der Waals surface area contributed by atoms with Gasteiger partial charge in [0.15, 0.2) is 5.82 Å². The molecule has 0 aliphatic heterocycles. The lowest BCUT2D eigenvalue weighted by Gasteiger charge is -2.08. The van der Waals surface area contributed by atoms with Crippen LogP contribution in [0.25, 0.3) is 0 Å². The molecule has 0 fully saturated rings. The number of hydrogen-bond acceptors (Lipinski definition) is 3. The molecule has 0 saturated carbocycles. The molecule has 3 rings (SSSR count). The monoisotopic (exact) mass is 375 g/mol. The third-order valence-electron chi connectivity index (χ3n) is 3.52. The van der Waals surface area contributed by atoms with E-state index in [-0.39, 0.29) is 5.91 Å². The second-order valence-electron chi connectivity index (χ2n) is 5.33. The first-order valence-electron chi connectivity index (χ1n) is 7.48. The molecular weight excluding hydrogens is 361 g/mol. The highest BCUT2D eigenvalue weighted by Crippen LogP contribution is 2.23. The number of nitrogens with zero attached hydrogens (tertiary/aromatic N) is 2. The zero-order chi connectivity index (χ0) is 17.8. The Labute approximate surface area is 155 Å². The Kier molecular flexibility index (Phi) is 5.26. The van der Waals surface area contributed by atoms with Crippen molar-refractivity contribution in [3.8, 4) is 5.75 Å². The van der Waals surface area contributed by atoms with Gasteiger partial charge in [0.1, 0.15) is 5.75 Å². The van der Waals surface area contributed by atoms with Crippen LogP contribution in [0.3, 0.4) is 0 Å². The summed E-state index contributed by atoms with van der Waals surface area (Å²) in [5.41, 5.74) is 1.37. The van der Waals surface area contributed by atoms with Gasteiger partial charge in [0.05, 0.1) is 19.2 Å². The standard InChI is InChI=1S/C18H15Cl2N3O2/c1-25-16-6-5-14(20)10-15(16)18(24)21-17-7-8-23(22-17)11-12-3-2-4-13(19)9-12/h2-10H,11H2,1H3,(H,21,22,24). The molecule has 0 atom stereocenters. The van der Waals surface area contributed by atoms with Crippen molar-refractivity contribution in [2.24, 2.45) is 0 Å². The summed E-state index contributed by atoms with van der Waals surface area (Å²) in [5.74, 6) is 0.543. The van der Waals surface area contributed by atoms with Gasteiger partial charge < -0.3 is 10.1 Å². The fourth-order valence-electron chi connectivity index (χ4n) is 2.38. The van der Waals surface area contributed by atoms with E-state index in [1.165, 1.54) is 7.11 Å². The molecule has 1 amide bonds. The molecule has 25 heavy (non-hydrogen) atoms. The fraction of sp³-hybridized carbons (Fsp3) is 0.111. The Morgan fingerprint density at radius 1 is 1.16 bits per heavy atom. The molecule has 5 nitrogen and oxygen atoms in total. The maximum atomic E-state index is 12.4. The highest BCUT2D eigenvalue weighted by atomic mass is 35.5. The number of aromatic nitrogens is 2. The van der Waals surface area contributed by atoms with Crippen LogP contribution < -0.4 is 10.1 Å². The lowest BCUT2D eigenvalue weighted by atomic mass is 10.2. The Balaban J connectivity index is 1.73. The van der Waals surface area contributed by atoms with Gasteiger partial charge in [-0.25, -0.2) is 0 Å². The number of anilines is 1. The van der Waals surface area contributed by atoms with E-state index in [1.54, 1.807) is 35.1 Å². The number of ether oxygens (including phenoxy) is 1. The van der Waals surface area contributed by atoms with Gasteiger partial charge in [0.2, 0.25) is 0 Å². The third kappa shape index (κ3) is 4.32. The molecule has 0 unspecified atom stereocenters. The van der Waals surface area contributed by atoms with Crippen molar-refractivity contribution < 1.29 is 9.53 Å². The van der Waals surface area contributed by atoms with Gasteiger partial charge in [0.25, 0.3) is 5.91 Å². The van der Waals surface area contributed by atoms with Gasteiger partial charge in [-0.05, 0) is 35.9 Å². The van der Waals surface area contributed by atoms with Crippen LogP contribution in [-0.2, 0) is 6.54 Å². The summed E-state index contributed by atoms with van der Waals surface area (Å²) in [6.45, 7) is 0.552. The van der Waals surface area contributed by atoms with E-state index in [9.17, 15) is 4.79 Å².